The van der Waals surface area contributed by atoms with Crippen molar-refractivity contribution in [1.82, 2.24) is 0 Å². The number of benzene rings is 1. The predicted octanol–water partition coefficient (Wildman–Crippen LogP) is 4.74. The van der Waals surface area contributed by atoms with Crippen LogP contribution in [-0.4, -0.2) is 45.7 Å². The highest BCUT2D eigenvalue weighted by Crippen LogP contribution is 2.36. The van der Waals surface area contributed by atoms with Gasteiger partial charge in [-0.1, -0.05) is 61.6 Å². The molecule has 3 N–H and O–H groups in total. The number of aryl methyl sites for hydroxylation is 1. The van der Waals surface area contributed by atoms with Gasteiger partial charge >= 0.3 is 5.97 Å². The summed E-state index contributed by atoms with van der Waals surface area (Å²) in [6.45, 7) is 3.89. The Morgan fingerprint density at radius 2 is 1.91 bits per heavy atom. The van der Waals surface area contributed by atoms with E-state index in [9.17, 15) is 20.1 Å². The van der Waals surface area contributed by atoms with Crippen LogP contribution >= 0.6 is 0 Å². The molecule has 33 heavy (non-hydrogen) atoms. The van der Waals surface area contributed by atoms with Crippen molar-refractivity contribution in [1.29, 1.82) is 0 Å². The lowest BCUT2D eigenvalue weighted by Gasteiger charge is -2.19. The van der Waals surface area contributed by atoms with Crippen LogP contribution in [0.25, 0.3) is 0 Å². The van der Waals surface area contributed by atoms with Gasteiger partial charge in [0.15, 0.2) is 0 Å². The topological polar surface area (TPSA) is 87.0 Å². The summed E-state index contributed by atoms with van der Waals surface area (Å²) in [6, 6.07) is 10.2. The summed E-state index contributed by atoms with van der Waals surface area (Å²) in [5.74, 6) is -0.391. The van der Waals surface area contributed by atoms with E-state index < -0.39 is 18.3 Å². The highest BCUT2D eigenvalue weighted by atomic mass is 16.5. The van der Waals surface area contributed by atoms with Gasteiger partial charge in [-0.3, -0.25) is 4.79 Å². The monoisotopic (exact) mass is 458 g/mol. The van der Waals surface area contributed by atoms with Gasteiger partial charge in [-0.2, -0.15) is 0 Å². The maximum Gasteiger partial charge on any atom is 0.306 e. The van der Waals surface area contributed by atoms with E-state index in [1.54, 1.807) is 6.08 Å². The zero-order valence-electron chi connectivity index (χ0n) is 20.2. The summed E-state index contributed by atoms with van der Waals surface area (Å²) in [5.41, 5.74) is 1.27. The lowest BCUT2D eigenvalue weighted by Crippen LogP contribution is -2.20. The van der Waals surface area contributed by atoms with Gasteiger partial charge in [0.05, 0.1) is 24.4 Å². The van der Waals surface area contributed by atoms with Crippen molar-refractivity contribution in [2.45, 2.75) is 96.1 Å². The van der Waals surface area contributed by atoms with Crippen molar-refractivity contribution in [3.05, 3.63) is 60.2 Å². The standard InChI is InChI=1S/C28H42O5/c1-3-21(2)33-28(32)17-10-5-4-9-16-24-25(27(31)20-26(24)30)19-18-23(29)15-11-14-22-12-7-6-8-13-22/h4,6-9,12-13,18-19,21,23-27,29-31H,3,5,10-11,14-17,20H2,1-2H3/b9-4-,19-18+/t21?,23-,24?,25?,26-,27+/m0/s1. The first-order valence-electron chi connectivity index (χ1n) is 12.5. The van der Waals surface area contributed by atoms with Crippen molar-refractivity contribution in [2.75, 3.05) is 0 Å². The SMILES string of the molecule is CCC(C)OC(=O)CCC/C=C\CC1C(/C=C/[C@@H](O)CCCc2ccccc2)[C@H](O)C[C@@H]1O. The quantitative estimate of drug-likeness (QED) is 0.213. The second-order valence-electron chi connectivity index (χ2n) is 9.25. The van der Waals surface area contributed by atoms with Gasteiger partial charge in [-0.05, 0) is 63.4 Å². The Labute approximate surface area is 199 Å². The fraction of sp³-hybridized carbons (Fsp3) is 0.607. The van der Waals surface area contributed by atoms with Crippen molar-refractivity contribution < 1.29 is 24.9 Å². The molecule has 0 bridgehead atoms. The molecular formula is C28H42O5. The summed E-state index contributed by atoms with van der Waals surface area (Å²) in [7, 11) is 0. The van der Waals surface area contributed by atoms with Gasteiger partial charge in [-0.25, -0.2) is 0 Å². The van der Waals surface area contributed by atoms with E-state index in [4.69, 9.17) is 4.74 Å². The highest BCUT2D eigenvalue weighted by molar-refractivity contribution is 5.69. The lowest BCUT2D eigenvalue weighted by atomic mass is 9.89. The number of carbonyl (C=O) groups is 1. The Bertz CT molecular complexity index is 729. The molecule has 1 aliphatic rings. The van der Waals surface area contributed by atoms with Gasteiger partial charge in [-0.15, -0.1) is 0 Å². The van der Waals surface area contributed by atoms with E-state index in [1.807, 2.05) is 50.3 Å². The number of unbranched alkanes of at least 4 members (excludes halogenated alkanes) is 1. The zero-order chi connectivity index (χ0) is 24.1. The third-order valence-electron chi connectivity index (χ3n) is 6.51. The molecule has 3 unspecified atom stereocenters. The van der Waals surface area contributed by atoms with Crippen LogP contribution in [0, 0.1) is 11.8 Å². The zero-order valence-corrected chi connectivity index (χ0v) is 20.2. The molecule has 1 aromatic carbocycles. The van der Waals surface area contributed by atoms with E-state index in [1.165, 1.54) is 5.56 Å². The number of ether oxygens (including phenoxy) is 1. The molecule has 2 rings (SSSR count). The van der Waals surface area contributed by atoms with Crippen LogP contribution < -0.4 is 0 Å². The van der Waals surface area contributed by atoms with Crippen LogP contribution in [0.1, 0.15) is 70.8 Å². The molecule has 1 aromatic rings. The normalized spacial score (nSPS) is 25.0. The van der Waals surface area contributed by atoms with Crippen LogP contribution in [0.15, 0.2) is 54.6 Å². The summed E-state index contributed by atoms with van der Waals surface area (Å²) >= 11 is 0. The Kier molecular flexibility index (Phi) is 12.4. The number of hydrogen-bond donors (Lipinski definition) is 3. The maximum atomic E-state index is 11.7. The number of aliphatic hydroxyl groups is 3. The minimum Gasteiger partial charge on any atom is -0.463 e. The predicted molar refractivity (Wildman–Crippen MR) is 132 cm³/mol. The smallest absolute Gasteiger partial charge is 0.306 e. The van der Waals surface area contributed by atoms with Gasteiger partial charge in [0.1, 0.15) is 0 Å². The molecule has 0 amide bonds. The minimum absolute atomic E-state index is 0.0318. The average molecular weight is 459 g/mol. The number of carbonyl (C=O) groups excluding carboxylic acids is 1. The summed E-state index contributed by atoms with van der Waals surface area (Å²) in [5, 5.41) is 31.1. The van der Waals surface area contributed by atoms with E-state index in [0.29, 0.717) is 25.7 Å². The van der Waals surface area contributed by atoms with E-state index >= 15 is 0 Å². The third kappa shape index (κ3) is 10.2. The molecule has 1 saturated carbocycles. The summed E-state index contributed by atoms with van der Waals surface area (Å²) < 4.78 is 5.27. The Balaban J connectivity index is 1.72. The molecule has 0 aromatic heterocycles. The first kappa shape index (κ1) is 27.3. The summed E-state index contributed by atoms with van der Waals surface area (Å²) in [6.07, 6.45) is 12.2. The van der Waals surface area contributed by atoms with Gasteiger partial charge in [0.25, 0.3) is 0 Å². The number of esters is 1. The molecule has 184 valence electrons. The Morgan fingerprint density at radius 3 is 2.64 bits per heavy atom. The molecule has 0 radical (unpaired) electrons. The van der Waals surface area contributed by atoms with Gasteiger partial charge in [0.2, 0.25) is 0 Å². The second kappa shape index (κ2) is 15.0. The average Bonchev–Trinajstić information content (AvgIpc) is 3.07. The Hall–Kier alpha value is -1.95. The van der Waals surface area contributed by atoms with E-state index in [-0.39, 0.29) is 23.9 Å². The first-order chi connectivity index (χ1) is 15.9. The molecule has 0 spiro atoms. The van der Waals surface area contributed by atoms with Crippen LogP contribution in [-0.2, 0) is 16.0 Å². The first-order valence-corrected chi connectivity index (χ1v) is 12.5. The number of rotatable bonds is 14. The van der Waals surface area contributed by atoms with Crippen molar-refractivity contribution in [3.8, 4) is 0 Å². The number of aliphatic hydroxyl groups excluding tert-OH is 3. The molecule has 6 atom stereocenters. The fourth-order valence-corrected chi connectivity index (χ4v) is 4.32. The molecule has 1 aliphatic carbocycles. The van der Waals surface area contributed by atoms with E-state index in [0.717, 1.165) is 32.1 Å². The van der Waals surface area contributed by atoms with Crippen LogP contribution in [0.2, 0.25) is 0 Å². The molecule has 5 nitrogen and oxygen atoms in total. The Morgan fingerprint density at radius 1 is 1.15 bits per heavy atom. The maximum absolute atomic E-state index is 11.7. The summed E-state index contributed by atoms with van der Waals surface area (Å²) in [4.78, 5) is 11.7. The molecule has 1 fully saturated rings. The molecule has 0 aliphatic heterocycles. The third-order valence-corrected chi connectivity index (χ3v) is 6.51. The van der Waals surface area contributed by atoms with Gasteiger partial charge < -0.3 is 20.1 Å². The number of hydrogen-bond acceptors (Lipinski definition) is 5. The van der Waals surface area contributed by atoms with Crippen molar-refractivity contribution in [3.63, 3.8) is 0 Å². The second-order valence-corrected chi connectivity index (χ2v) is 9.25. The van der Waals surface area contributed by atoms with E-state index in [2.05, 4.69) is 12.1 Å². The molecule has 0 heterocycles. The molecule has 5 heteroatoms. The largest absolute Gasteiger partial charge is 0.463 e. The van der Waals surface area contributed by atoms with Gasteiger partial charge in [0, 0.05) is 18.8 Å². The van der Waals surface area contributed by atoms with Crippen LogP contribution in [0.4, 0.5) is 0 Å². The number of allylic oxidation sites excluding steroid dienone is 2. The van der Waals surface area contributed by atoms with Crippen LogP contribution in [0.5, 0.6) is 0 Å². The van der Waals surface area contributed by atoms with Crippen LogP contribution in [0.3, 0.4) is 0 Å². The molecule has 0 saturated heterocycles. The van der Waals surface area contributed by atoms with Crippen molar-refractivity contribution in [2.24, 2.45) is 11.8 Å². The minimum atomic E-state index is -0.596. The fourth-order valence-electron chi connectivity index (χ4n) is 4.32. The van der Waals surface area contributed by atoms with Crippen molar-refractivity contribution >= 4 is 5.97 Å². The highest BCUT2D eigenvalue weighted by Gasteiger charge is 2.39. The lowest BCUT2D eigenvalue weighted by molar-refractivity contribution is -0.148. The molecular weight excluding hydrogens is 416 g/mol.